The van der Waals surface area contributed by atoms with Crippen molar-refractivity contribution in [1.82, 2.24) is 0 Å². The molecule has 0 saturated carbocycles. The third-order valence-corrected chi connectivity index (χ3v) is 2.99. The van der Waals surface area contributed by atoms with Crippen LogP contribution in [0.4, 0.5) is 4.39 Å². The lowest BCUT2D eigenvalue weighted by atomic mass is 10.0. The van der Waals surface area contributed by atoms with E-state index in [2.05, 4.69) is 0 Å². The van der Waals surface area contributed by atoms with Gasteiger partial charge in [-0.15, -0.1) is 0 Å². The molecule has 0 unspecified atom stereocenters. The summed E-state index contributed by atoms with van der Waals surface area (Å²) in [6, 6.07) is 11.1. The zero-order valence-electron chi connectivity index (χ0n) is 12.9. The molecular weight excluding hydrogens is 283 g/mol. The Morgan fingerprint density at radius 2 is 1.73 bits per heavy atom. The molecule has 0 radical (unpaired) electrons. The zero-order chi connectivity index (χ0) is 16.3. The van der Waals surface area contributed by atoms with E-state index in [0.717, 1.165) is 5.56 Å². The fraction of sp³-hybridized carbons (Fsp3) is 0.278. The van der Waals surface area contributed by atoms with E-state index in [0.29, 0.717) is 16.7 Å². The number of aliphatic hydroxyl groups is 1. The van der Waals surface area contributed by atoms with Gasteiger partial charge in [0.25, 0.3) is 0 Å². The standard InChI is InChI=1S/C18H19FO3/c1-18(2,3)22-17(21)14-6-4-13(5-7-14)15-8-12(11-20)9-16(19)10-15/h4-10,20H,11H2,1-3H3. The molecule has 0 aromatic heterocycles. The highest BCUT2D eigenvalue weighted by molar-refractivity contribution is 5.90. The van der Waals surface area contributed by atoms with Crippen LogP contribution in [0.2, 0.25) is 0 Å². The predicted octanol–water partition coefficient (Wildman–Crippen LogP) is 3.94. The topological polar surface area (TPSA) is 46.5 Å². The molecule has 1 N–H and O–H groups in total. The summed E-state index contributed by atoms with van der Waals surface area (Å²) in [5.41, 5.74) is 1.82. The first kappa shape index (κ1) is 16.2. The number of hydrogen-bond acceptors (Lipinski definition) is 3. The summed E-state index contributed by atoms with van der Waals surface area (Å²) in [5, 5.41) is 9.13. The minimum atomic E-state index is -0.547. The van der Waals surface area contributed by atoms with Crippen molar-refractivity contribution in [2.45, 2.75) is 33.0 Å². The van der Waals surface area contributed by atoms with E-state index in [-0.39, 0.29) is 6.61 Å². The van der Waals surface area contributed by atoms with Crippen LogP contribution >= 0.6 is 0 Å². The lowest BCUT2D eigenvalue weighted by molar-refractivity contribution is 0.00695. The quantitative estimate of drug-likeness (QED) is 0.874. The lowest BCUT2D eigenvalue weighted by Gasteiger charge is -2.19. The maximum Gasteiger partial charge on any atom is 0.338 e. The van der Waals surface area contributed by atoms with Gasteiger partial charge in [0, 0.05) is 0 Å². The Bertz CT molecular complexity index is 670. The second-order valence-electron chi connectivity index (χ2n) is 6.09. The molecule has 0 spiro atoms. The van der Waals surface area contributed by atoms with Crippen LogP contribution in [0.15, 0.2) is 42.5 Å². The molecule has 0 amide bonds. The third-order valence-electron chi connectivity index (χ3n) is 2.99. The molecule has 116 valence electrons. The SMILES string of the molecule is CC(C)(C)OC(=O)c1ccc(-c2cc(F)cc(CO)c2)cc1. The smallest absolute Gasteiger partial charge is 0.338 e. The number of halogens is 1. The summed E-state index contributed by atoms with van der Waals surface area (Å²) in [6.07, 6.45) is 0. The van der Waals surface area contributed by atoms with E-state index in [1.807, 2.05) is 20.8 Å². The highest BCUT2D eigenvalue weighted by Gasteiger charge is 2.17. The molecule has 0 atom stereocenters. The van der Waals surface area contributed by atoms with Crippen molar-refractivity contribution >= 4 is 5.97 Å². The normalized spacial score (nSPS) is 11.3. The summed E-state index contributed by atoms with van der Waals surface area (Å²) in [6.45, 7) is 5.20. The third kappa shape index (κ3) is 4.15. The van der Waals surface area contributed by atoms with Gasteiger partial charge in [0.1, 0.15) is 11.4 Å². The second-order valence-corrected chi connectivity index (χ2v) is 6.09. The molecule has 4 heteroatoms. The van der Waals surface area contributed by atoms with E-state index >= 15 is 0 Å². The molecule has 0 aliphatic heterocycles. The predicted molar refractivity (Wildman–Crippen MR) is 82.9 cm³/mol. The number of hydrogen-bond donors (Lipinski definition) is 1. The summed E-state index contributed by atoms with van der Waals surface area (Å²) >= 11 is 0. The zero-order valence-corrected chi connectivity index (χ0v) is 12.9. The summed E-state index contributed by atoms with van der Waals surface area (Å²) in [4.78, 5) is 11.9. The van der Waals surface area contributed by atoms with Gasteiger partial charge in [-0.3, -0.25) is 0 Å². The van der Waals surface area contributed by atoms with Crippen molar-refractivity contribution in [2.75, 3.05) is 0 Å². The van der Waals surface area contributed by atoms with E-state index in [1.54, 1.807) is 30.3 Å². The van der Waals surface area contributed by atoms with Crippen molar-refractivity contribution in [2.24, 2.45) is 0 Å². The molecule has 0 aliphatic rings. The van der Waals surface area contributed by atoms with Gasteiger partial charge in [-0.05, 0) is 67.8 Å². The lowest BCUT2D eigenvalue weighted by Crippen LogP contribution is -2.23. The number of carbonyl (C=O) groups is 1. The maximum absolute atomic E-state index is 13.5. The van der Waals surface area contributed by atoms with Gasteiger partial charge in [0.05, 0.1) is 12.2 Å². The number of aliphatic hydroxyl groups excluding tert-OH is 1. The van der Waals surface area contributed by atoms with Crippen LogP contribution < -0.4 is 0 Å². The van der Waals surface area contributed by atoms with Crippen LogP contribution in [-0.4, -0.2) is 16.7 Å². The first-order chi connectivity index (χ1) is 10.3. The Morgan fingerprint density at radius 1 is 1.09 bits per heavy atom. The van der Waals surface area contributed by atoms with E-state index in [4.69, 9.17) is 9.84 Å². The molecule has 2 rings (SSSR count). The van der Waals surface area contributed by atoms with Crippen molar-refractivity contribution in [3.05, 3.63) is 59.4 Å². The molecule has 0 aliphatic carbocycles. The Kier molecular flexibility index (Phi) is 4.62. The second kappa shape index (κ2) is 6.28. The van der Waals surface area contributed by atoms with Crippen LogP contribution in [-0.2, 0) is 11.3 Å². The fourth-order valence-electron chi connectivity index (χ4n) is 2.04. The van der Waals surface area contributed by atoms with E-state index in [1.165, 1.54) is 12.1 Å². The minimum absolute atomic E-state index is 0.221. The molecular formula is C18H19FO3. The van der Waals surface area contributed by atoms with Crippen LogP contribution in [0.1, 0.15) is 36.7 Å². The van der Waals surface area contributed by atoms with Gasteiger partial charge in [-0.25, -0.2) is 9.18 Å². The molecule has 0 bridgehead atoms. The van der Waals surface area contributed by atoms with Crippen molar-refractivity contribution in [3.8, 4) is 11.1 Å². The molecule has 22 heavy (non-hydrogen) atoms. The van der Waals surface area contributed by atoms with Crippen molar-refractivity contribution in [1.29, 1.82) is 0 Å². The van der Waals surface area contributed by atoms with Gasteiger partial charge >= 0.3 is 5.97 Å². The van der Waals surface area contributed by atoms with Gasteiger partial charge < -0.3 is 9.84 Å². The average Bonchev–Trinajstić information content (AvgIpc) is 2.45. The summed E-state index contributed by atoms with van der Waals surface area (Å²) in [7, 11) is 0. The van der Waals surface area contributed by atoms with Crippen LogP contribution in [0.25, 0.3) is 11.1 Å². The first-order valence-corrected chi connectivity index (χ1v) is 7.02. The average molecular weight is 302 g/mol. The Balaban J connectivity index is 2.25. The van der Waals surface area contributed by atoms with Crippen molar-refractivity contribution < 1.29 is 19.0 Å². The number of ether oxygens (including phenoxy) is 1. The molecule has 0 heterocycles. The Labute approximate surface area is 129 Å². The monoisotopic (exact) mass is 302 g/mol. The first-order valence-electron chi connectivity index (χ1n) is 7.02. The molecule has 0 saturated heterocycles. The van der Waals surface area contributed by atoms with Crippen LogP contribution in [0.5, 0.6) is 0 Å². The number of rotatable bonds is 3. The fourth-order valence-corrected chi connectivity index (χ4v) is 2.04. The van der Waals surface area contributed by atoms with Gasteiger partial charge in [0.2, 0.25) is 0 Å². The highest BCUT2D eigenvalue weighted by atomic mass is 19.1. The Morgan fingerprint density at radius 3 is 2.27 bits per heavy atom. The van der Waals surface area contributed by atoms with Gasteiger partial charge in [0.15, 0.2) is 0 Å². The summed E-state index contributed by atoms with van der Waals surface area (Å²) in [5.74, 6) is -0.799. The minimum Gasteiger partial charge on any atom is -0.456 e. The number of esters is 1. The maximum atomic E-state index is 13.5. The molecule has 2 aromatic rings. The Hall–Kier alpha value is -2.20. The summed E-state index contributed by atoms with van der Waals surface area (Å²) < 4.78 is 18.8. The highest BCUT2D eigenvalue weighted by Crippen LogP contribution is 2.23. The van der Waals surface area contributed by atoms with Crippen LogP contribution in [0, 0.1) is 5.82 Å². The largest absolute Gasteiger partial charge is 0.456 e. The van der Waals surface area contributed by atoms with E-state index in [9.17, 15) is 9.18 Å². The number of benzene rings is 2. The molecule has 3 nitrogen and oxygen atoms in total. The van der Waals surface area contributed by atoms with Gasteiger partial charge in [-0.2, -0.15) is 0 Å². The molecule has 2 aromatic carbocycles. The van der Waals surface area contributed by atoms with E-state index < -0.39 is 17.4 Å². The van der Waals surface area contributed by atoms with Crippen LogP contribution in [0.3, 0.4) is 0 Å². The molecule has 0 fully saturated rings. The number of carbonyl (C=O) groups excluding carboxylic acids is 1. The van der Waals surface area contributed by atoms with Gasteiger partial charge in [-0.1, -0.05) is 12.1 Å². The van der Waals surface area contributed by atoms with Crippen molar-refractivity contribution in [3.63, 3.8) is 0 Å².